The summed E-state index contributed by atoms with van der Waals surface area (Å²) < 4.78 is 15.0. The first kappa shape index (κ1) is 24.0. The van der Waals surface area contributed by atoms with Crippen molar-refractivity contribution in [1.82, 2.24) is 5.43 Å². The van der Waals surface area contributed by atoms with Gasteiger partial charge in [0.2, 0.25) is 11.8 Å². The normalized spacial score (nSPS) is 10.5. The highest BCUT2D eigenvalue weighted by Crippen LogP contribution is 2.29. The maximum Gasteiger partial charge on any atom is 0.343 e. The number of anilines is 1. The second-order valence-electron chi connectivity index (χ2n) is 5.89. The fourth-order valence-corrected chi connectivity index (χ4v) is 2.59. The fraction of sp³-hybridized carbons (Fsp3) is 0.200. The van der Waals surface area contributed by atoms with Crippen LogP contribution in [0.15, 0.2) is 41.5 Å². The maximum absolute atomic E-state index is 12.0. The Hall–Kier alpha value is -3.30. The minimum absolute atomic E-state index is 0.184. The number of rotatable bonds is 9. The van der Waals surface area contributed by atoms with Crippen molar-refractivity contribution in [2.75, 3.05) is 26.1 Å². The molecule has 2 rings (SSSR count). The zero-order valence-electron chi connectivity index (χ0n) is 16.6. The summed E-state index contributed by atoms with van der Waals surface area (Å²) in [5, 5.41) is 6.77. The van der Waals surface area contributed by atoms with E-state index in [-0.39, 0.29) is 16.7 Å². The third kappa shape index (κ3) is 7.47. The highest BCUT2D eigenvalue weighted by Gasteiger charge is 2.12. The summed E-state index contributed by atoms with van der Waals surface area (Å²) in [5.41, 5.74) is 3.14. The molecular weight excluding hydrogens is 449 g/mol. The predicted octanol–water partition coefficient (Wildman–Crippen LogP) is 3.03. The number of carbonyl (C=O) groups excluding carboxylic acids is 3. The number of amides is 2. The molecule has 164 valence electrons. The van der Waals surface area contributed by atoms with Gasteiger partial charge in [0, 0.05) is 0 Å². The number of nitrogens with zero attached hydrogens (tertiary/aromatic N) is 1. The van der Waals surface area contributed by atoms with Gasteiger partial charge in [-0.05, 0) is 35.9 Å². The molecule has 0 aliphatic heterocycles. The van der Waals surface area contributed by atoms with Crippen LogP contribution in [0.2, 0.25) is 10.0 Å². The van der Waals surface area contributed by atoms with E-state index in [0.29, 0.717) is 22.7 Å². The van der Waals surface area contributed by atoms with Crippen molar-refractivity contribution in [1.29, 1.82) is 0 Å². The number of hydrazone groups is 1. The van der Waals surface area contributed by atoms with Gasteiger partial charge in [0.25, 0.3) is 0 Å². The molecular formula is C20H19Cl2N3O6. The Morgan fingerprint density at radius 1 is 1.06 bits per heavy atom. The van der Waals surface area contributed by atoms with Crippen molar-refractivity contribution in [2.24, 2.45) is 5.10 Å². The summed E-state index contributed by atoms with van der Waals surface area (Å²) in [7, 11) is 2.70. The van der Waals surface area contributed by atoms with Crippen molar-refractivity contribution in [3.63, 3.8) is 0 Å². The number of hydrogen-bond donors (Lipinski definition) is 2. The van der Waals surface area contributed by atoms with Gasteiger partial charge in [-0.2, -0.15) is 5.10 Å². The van der Waals surface area contributed by atoms with Gasteiger partial charge in [0.05, 0.1) is 36.2 Å². The summed E-state index contributed by atoms with van der Waals surface area (Å²) in [6.07, 6.45) is 0.889. The van der Waals surface area contributed by atoms with Crippen molar-refractivity contribution in [3.05, 3.63) is 52.0 Å². The molecule has 2 amide bonds. The summed E-state index contributed by atoms with van der Waals surface area (Å²) in [6.45, 7) is -0.265. The predicted molar refractivity (Wildman–Crippen MR) is 116 cm³/mol. The van der Waals surface area contributed by atoms with E-state index < -0.39 is 24.2 Å². The molecule has 0 aliphatic rings. The SMILES string of the molecule is COC(=O)COc1ccc(C=NNC(=O)CC(=O)Nc2cccc(Cl)c2Cl)cc1OC. The van der Waals surface area contributed by atoms with Crippen molar-refractivity contribution >= 4 is 52.9 Å². The van der Waals surface area contributed by atoms with Gasteiger partial charge >= 0.3 is 5.97 Å². The van der Waals surface area contributed by atoms with Crippen LogP contribution in [0.4, 0.5) is 5.69 Å². The first-order valence-corrected chi connectivity index (χ1v) is 9.53. The molecule has 0 saturated carbocycles. The molecule has 0 aliphatic carbocycles. The maximum atomic E-state index is 12.0. The molecule has 2 aromatic carbocycles. The Kier molecular flexibility index (Phi) is 9.11. The number of benzene rings is 2. The Balaban J connectivity index is 1.89. The molecule has 31 heavy (non-hydrogen) atoms. The quantitative estimate of drug-likeness (QED) is 0.253. The largest absolute Gasteiger partial charge is 0.493 e. The molecule has 0 spiro atoms. The van der Waals surface area contributed by atoms with Crippen molar-refractivity contribution in [2.45, 2.75) is 6.42 Å². The molecule has 11 heteroatoms. The highest BCUT2D eigenvalue weighted by molar-refractivity contribution is 6.44. The lowest BCUT2D eigenvalue weighted by Gasteiger charge is -2.10. The van der Waals surface area contributed by atoms with Crippen LogP contribution in [0, 0.1) is 0 Å². The number of halogens is 2. The van der Waals surface area contributed by atoms with Crippen LogP contribution < -0.4 is 20.2 Å². The van der Waals surface area contributed by atoms with Gasteiger partial charge in [0.15, 0.2) is 18.1 Å². The van der Waals surface area contributed by atoms with Gasteiger partial charge in [-0.15, -0.1) is 0 Å². The highest BCUT2D eigenvalue weighted by atomic mass is 35.5. The molecule has 0 unspecified atom stereocenters. The first-order valence-electron chi connectivity index (χ1n) is 8.77. The monoisotopic (exact) mass is 467 g/mol. The summed E-state index contributed by atoms with van der Waals surface area (Å²) >= 11 is 11.9. The summed E-state index contributed by atoms with van der Waals surface area (Å²) in [5.74, 6) is -1.04. The topological polar surface area (TPSA) is 115 Å². The first-order chi connectivity index (χ1) is 14.8. The summed E-state index contributed by atoms with van der Waals surface area (Å²) in [4.78, 5) is 35.1. The molecule has 0 bridgehead atoms. The van der Waals surface area contributed by atoms with E-state index >= 15 is 0 Å². The number of methoxy groups -OCH3 is 2. The molecule has 9 nitrogen and oxygen atoms in total. The van der Waals surface area contributed by atoms with Gasteiger partial charge in [-0.1, -0.05) is 29.3 Å². The van der Waals surface area contributed by atoms with E-state index in [1.54, 1.807) is 36.4 Å². The number of carbonyl (C=O) groups is 3. The Labute approximate surface area is 188 Å². The molecule has 2 aromatic rings. The summed E-state index contributed by atoms with van der Waals surface area (Å²) in [6, 6.07) is 9.57. The molecule has 0 fully saturated rings. The minimum atomic E-state index is -0.628. The van der Waals surface area contributed by atoms with Crippen LogP contribution in [0.25, 0.3) is 0 Å². The van der Waals surface area contributed by atoms with E-state index in [1.807, 2.05) is 0 Å². The number of esters is 1. The number of ether oxygens (including phenoxy) is 3. The second-order valence-corrected chi connectivity index (χ2v) is 6.68. The van der Waals surface area contributed by atoms with Crippen LogP contribution in [-0.4, -0.2) is 44.8 Å². The molecule has 0 heterocycles. The molecule has 2 N–H and O–H groups in total. The standard InChI is InChI=1S/C20H19Cl2N3O6/c1-29-16-8-12(6-7-15(16)31-11-19(28)30-2)10-23-25-18(27)9-17(26)24-14-5-3-4-13(21)20(14)22/h3-8,10H,9,11H2,1-2H3,(H,24,26)(H,25,27). The molecule has 0 saturated heterocycles. The average molecular weight is 468 g/mol. The lowest BCUT2D eigenvalue weighted by Crippen LogP contribution is -2.24. The zero-order chi connectivity index (χ0) is 22.8. The van der Waals surface area contributed by atoms with Crippen molar-refractivity contribution in [3.8, 4) is 11.5 Å². The third-order valence-electron chi connectivity index (χ3n) is 3.71. The van der Waals surface area contributed by atoms with Crippen molar-refractivity contribution < 1.29 is 28.6 Å². The van der Waals surface area contributed by atoms with Crippen LogP contribution >= 0.6 is 23.2 Å². The Morgan fingerprint density at radius 3 is 2.55 bits per heavy atom. The third-order valence-corrected chi connectivity index (χ3v) is 4.53. The number of nitrogens with one attached hydrogen (secondary N) is 2. The molecule has 0 radical (unpaired) electrons. The minimum Gasteiger partial charge on any atom is -0.493 e. The van der Waals surface area contributed by atoms with Gasteiger partial charge in [-0.3, -0.25) is 9.59 Å². The number of hydrogen-bond acceptors (Lipinski definition) is 7. The van der Waals surface area contributed by atoms with Crippen LogP contribution in [-0.2, 0) is 19.1 Å². The van der Waals surface area contributed by atoms with Crippen LogP contribution in [0.3, 0.4) is 0 Å². The Bertz CT molecular complexity index is 997. The van der Waals surface area contributed by atoms with Crippen LogP contribution in [0.5, 0.6) is 11.5 Å². The fourth-order valence-electron chi connectivity index (χ4n) is 2.24. The van der Waals surface area contributed by atoms with Crippen LogP contribution in [0.1, 0.15) is 12.0 Å². The van der Waals surface area contributed by atoms with Gasteiger partial charge in [-0.25, -0.2) is 10.2 Å². The van der Waals surface area contributed by atoms with E-state index in [0.717, 1.165) is 0 Å². The van der Waals surface area contributed by atoms with E-state index in [1.165, 1.54) is 20.4 Å². The lowest BCUT2D eigenvalue weighted by molar-refractivity contribution is -0.143. The van der Waals surface area contributed by atoms with Gasteiger partial charge < -0.3 is 19.5 Å². The van der Waals surface area contributed by atoms with E-state index in [2.05, 4.69) is 20.6 Å². The van der Waals surface area contributed by atoms with E-state index in [9.17, 15) is 14.4 Å². The van der Waals surface area contributed by atoms with E-state index in [4.69, 9.17) is 32.7 Å². The molecule has 0 aromatic heterocycles. The smallest absolute Gasteiger partial charge is 0.343 e. The molecule has 0 atom stereocenters. The van der Waals surface area contributed by atoms with Gasteiger partial charge in [0.1, 0.15) is 6.42 Å². The zero-order valence-corrected chi connectivity index (χ0v) is 18.1. The second kappa shape index (κ2) is 11.8. The lowest BCUT2D eigenvalue weighted by atomic mass is 10.2. The average Bonchev–Trinajstić information content (AvgIpc) is 2.75. The Morgan fingerprint density at radius 2 is 1.84 bits per heavy atom.